The number of nitrogens with zero attached hydrogens (tertiary/aromatic N) is 1. The zero-order chi connectivity index (χ0) is 13.9. The molecule has 0 spiro atoms. The highest BCUT2D eigenvalue weighted by molar-refractivity contribution is 5.96. The second-order valence-corrected chi connectivity index (χ2v) is 5.76. The highest BCUT2D eigenvalue weighted by Crippen LogP contribution is 2.29. The number of benzene rings is 1. The van der Waals surface area contributed by atoms with Crippen LogP contribution in [0.1, 0.15) is 42.1 Å². The zero-order valence-electron chi connectivity index (χ0n) is 12.2. The smallest absolute Gasteiger partial charge is 0.254 e. The first-order valence-corrected chi connectivity index (χ1v) is 7.11. The fraction of sp³-hybridized carbons (Fsp3) is 0.562. The van der Waals surface area contributed by atoms with Crippen molar-refractivity contribution in [3.63, 3.8) is 0 Å². The minimum Gasteiger partial charge on any atom is -0.332 e. The molecule has 3 heteroatoms. The number of nitrogens with one attached hydrogen (secondary N) is 1. The molecule has 1 atom stereocenters. The summed E-state index contributed by atoms with van der Waals surface area (Å²) in [4.78, 5) is 14.9. The van der Waals surface area contributed by atoms with Crippen LogP contribution >= 0.6 is 0 Å². The normalized spacial score (nSPS) is 23.4. The molecule has 1 aliphatic heterocycles. The Kier molecular flexibility index (Phi) is 4.25. The van der Waals surface area contributed by atoms with Crippen LogP contribution in [-0.2, 0) is 0 Å². The van der Waals surface area contributed by atoms with Gasteiger partial charge in [0, 0.05) is 18.7 Å². The number of likely N-dealkylation sites (N-methyl/N-ethyl adjacent to an activating group) is 1. The van der Waals surface area contributed by atoms with Crippen LogP contribution in [0.2, 0.25) is 0 Å². The van der Waals surface area contributed by atoms with Crippen molar-refractivity contribution in [2.75, 3.05) is 20.1 Å². The Balaban J connectivity index is 2.28. The molecule has 104 valence electrons. The summed E-state index contributed by atoms with van der Waals surface area (Å²) in [6, 6.07) is 7.87. The molecule has 1 unspecified atom stereocenters. The first kappa shape index (κ1) is 14.1. The van der Waals surface area contributed by atoms with Gasteiger partial charge in [-0.05, 0) is 51.8 Å². The lowest BCUT2D eigenvalue weighted by atomic mass is 9.87. The average Bonchev–Trinajstić information content (AvgIpc) is 2.39. The zero-order valence-corrected chi connectivity index (χ0v) is 12.2. The van der Waals surface area contributed by atoms with Crippen LogP contribution < -0.4 is 5.32 Å². The van der Waals surface area contributed by atoms with Crippen LogP contribution in [0, 0.1) is 6.92 Å². The summed E-state index contributed by atoms with van der Waals surface area (Å²) in [6.45, 7) is 5.92. The first-order valence-electron chi connectivity index (χ1n) is 7.11. The van der Waals surface area contributed by atoms with E-state index in [-0.39, 0.29) is 11.4 Å². The van der Waals surface area contributed by atoms with Gasteiger partial charge in [0.05, 0.1) is 5.54 Å². The molecule has 0 radical (unpaired) electrons. The van der Waals surface area contributed by atoms with Gasteiger partial charge >= 0.3 is 0 Å². The minimum absolute atomic E-state index is 0.0631. The average molecular weight is 260 g/mol. The maximum absolute atomic E-state index is 12.8. The topological polar surface area (TPSA) is 32.3 Å². The summed E-state index contributed by atoms with van der Waals surface area (Å²) in [5.74, 6) is 0.176. The van der Waals surface area contributed by atoms with Gasteiger partial charge in [0.25, 0.3) is 5.91 Å². The summed E-state index contributed by atoms with van der Waals surface area (Å²) >= 11 is 0. The molecule has 3 nitrogen and oxygen atoms in total. The Labute approximate surface area is 116 Å². The van der Waals surface area contributed by atoms with E-state index in [0.29, 0.717) is 0 Å². The molecule has 1 aromatic rings. The first-order chi connectivity index (χ1) is 9.08. The summed E-state index contributed by atoms with van der Waals surface area (Å²) < 4.78 is 0. The molecule has 1 heterocycles. The maximum Gasteiger partial charge on any atom is 0.254 e. The Morgan fingerprint density at radius 3 is 2.79 bits per heavy atom. The second kappa shape index (κ2) is 5.74. The monoisotopic (exact) mass is 260 g/mol. The predicted octanol–water partition coefficient (Wildman–Crippen LogP) is 2.60. The molecule has 0 saturated carbocycles. The third kappa shape index (κ3) is 2.81. The third-order valence-electron chi connectivity index (χ3n) is 4.18. The van der Waals surface area contributed by atoms with Crippen LogP contribution in [0.4, 0.5) is 0 Å². The van der Waals surface area contributed by atoms with Crippen LogP contribution in [0.3, 0.4) is 0 Å². The molecule has 0 aliphatic carbocycles. The van der Waals surface area contributed by atoms with Gasteiger partial charge in [-0.25, -0.2) is 0 Å². The van der Waals surface area contributed by atoms with Gasteiger partial charge in [0.15, 0.2) is 0 Å². The molecule has 1 amide bonds. The van der Waals surface area contributed by atoms with E-state index in [1.165, 1.54) is 6.42 Å². The largest absolute Gasteiger partial charge is 0.332 e. The van der Waals surface area contributed by atoms with Crippen LogP contribution in [0.5, 0.6) is 0 Å². The maximum atomic E-state index is 12.8. The Morgan fingerprint density at radius 1 is 1.37 bits per heavy atom. The standard InChI is InChI=1S/C16H24N2O/c1-13-8-4-5-9-14(13)15(19)18-11-7-6-10-16(18,2)12-17-3/h4-5,8-9,17H,6-7,10-12H2,1-3H3. The summed E-state index contributed by atoms with van der Waals surface area (Å²) in [6.07, 6.45) is 3.39. The number of amides is 1. The fourth-order valence-electron chi connectivity index (χ4n) is 3.05. The lowest BCUT2D eigenvalue weighted by Crippen LogP contribution is -2.57. The van der Waals surface area contributed by atoms with E-state index in [1.54, 1.807) is 0 Å². The number of piperidine rings is 1. The van der Waals surface area contributed by atoms with E-state index < -0.39 is 0 Å². The second-order valence-electron chi connectivity index (χ2n) is 5.76. The number of carbonyl (C=O) groups is 1. The van der Waals surface area contributed by atoms with E-state index in [2.05, 4.69) is 17.1 Å². The predicted molar refractivity (Wildman–Crippen MR) is 78.4 cm³/mol. The third-order valence-corrected chi connectivity index (χ3v) is 4.18. The number of rotatable bonds is 3. The van der Waals surface area contributed by atoms with Crippen molar-refractivity contribution >= 4 is 5.91 Å². The van der Waals surface area contributed by atoms with Crippen molar-refractivity contribution < 1.29 is 4.79 Å². The van der Waals surface area contributed by atoms with Crippen molar-refractivity contribution in [3.05, 3.63) is 35.4 Å². The van der Waals surface area contributed by atoms with Gasteiger partial charge in [-0.3, -0.25) is 4.79 Å². The number of hydrogen-bond donors (Lipinski definition) is 1. The summed E-state index contributed by atoms with van der Waals surface area (Å²) in [7, 11) is 1.95. The van der Waals surface area contributed by atoms with Crippen molar-refractivity contribution in [1.82, 2.24) is 10.2 Å². The fourth-order valence-corrected chi connectivity index (χ4v) is 3.05. The Bertz CT molecular complexity index is 454. The molecule has 2 rings (SSSR count). The van der Waals surface area contributed by atoms with Gasteiger partial charge in [0.1, 0.15) is 0 Å². The minimum atomic E-state index is -0.0631. The van der Waals surface area contributed by atoms with E-state index in [4.69, 9.17) is 0 Å². The number of aryl methyl sites for hydroxylation is 1. The van der Waals surface area contributed by atoms with E-state index in [0.717, 1.165) is 37.1 Å². The van der Waals surface area contributed by atoms with E-state index >= 15 is 0 Å². The highest BCUT2D eigenvalue weighted by Gasteiger charge is 2.37. The highest BCUT2D eigenvalue weighted by atomic mass is 16.2. The Hall–Kier alpha value is -1.35. The van der Waals surface area contributed by atoms with Crippen LogP contribution in [0.25, 0.3) is 0 Å². The van der Waals surface area contributed by atoms with Gasteiger partial charge in [-0.1, -0.05) is 18.2 Å². The van der Waals surface area contributed by atoms with E-state index in [1.807, 2.05) is 38.2 Å². The van der Waals surface area contributed by atoms with Gasteiger partial charge in [-0.15, -0.1) is 0 Å². The van der Waals surface area contributed by atoms with Gasteiger partial charge in [-0.2, -0.15) is 0 Å². The van der Waals surface area contributed by atoms with Crippen LogP contribution in [0.15, 0.2) is 24.3 Å². The molecule has 1 aliphatic rings. The lowest BCUT2D eigenvalue weighted by molar-refractivity contribution is 0.0381. The lowest BCUT2D eigenvalue weighted by Gasteiger charge is -2.45. The molecule has 1 fully saturated rings. The van der Waals surface area contributed by atoms with Crippen molar-refractivity contribution in [3.8, 4) is 0 Å². The van der Waals surface area contributed by atoms with Crippen LogP contribution in [-0.4, -0.2) is 36.5 Å². The molecule has 1 aromatic carbocycles. The molecule has 1 N–H and O–H groups in total. The summed E-state index contributed by atoms with van der Waals surface area (Å²) in [5, 5.41) is 3.23. The number of hydrogen-bond acceptors (Lipinski definition) is 2. The molecular formula is C16H24N2O. The number of carbonyl (C=O) groups excluding carboxylic acids is 1. The van der Waals surface area contributed by atoms with Gasteiger partial charge < -0.3 is 10.2 Å². The number of likely N-dealkylation sites (tertiary alicyclic amines) is 1. The SMILES string of the molecule is CNCC1(C)CCCCN1C(=O)c1ccccc1C. The molecular weight excluding hydrogens is 236 g/mol. The van der Waals surface area contributed by atoms with Crippen molar-refractivity contribution in [2.24, 2.45) is 0 Å². The van der Waals surface area contributed by atoms with E-state index in [9.17, 15) is 4.79 Å². The molecule has 1 saturated heterocycles. The summed E-state index contributed by atoms with van der Waals surface area (Å²) in [5.41, 5.74) is 1.84. The van der Waals surface area contributed by atoms with Crippen molar-refractivity contribution in [1.29, 1.82) is 0 Å². The molecule has 19 heavy (non-hydrogen) atoms. The Morgan fingerprint density at radius 2 is 2.11 bits per heavy atom. The molecule has 0 bridgehead atoms. The van der Waals surface area contributed by atoms with Gasteiger partial charge in [0.2, 0.25) is 0 Å². The quantitative estimate of drug-likeness (QED) is 0.906. The van der Waals surface area contributed by atoms with Crippen molar-refractivity contribution in [2.45, 2.75) is 38.6 Å². The molecule has 0 aromatic heterocycles.